The molecule has 0 aliphatic heterocycles. The summed E-state index contributed by atoms with van der Waals surface area (Å²) in [6.07, 6.45) is -2.18. The van der Waals surface area contributed by atoms with Crippen molar-refractivity contribution in [2.45, 2.75) is 30.9 Å². The lowest BCUT2D eigenvalue weighted by Gasteiger charge is -2.27. The Labute approximate surface area is 97.6 Å². The quantitative estimate of drug-likeness (QED) is 0.467. The highest BCUT2D eigenvalue weighted by Gasteiger charge is 2.60. The number of aliphatic hydroxyl groups excluding tert-OH is 1. The Hall–Kier alpha value is -1.19. The van der Waals surface area contributed by atoms with E-state index in [0.29, 0.717) is 6.42 Å². The zero-order valence-electron chi connectivity index (χ0n) is 8.95. The molecule has 0 aliphatic rings. The van der Waals surface area contributed by atoms with Crippen LogP contribution in [0.4, 0.5) is 0 Å². The lowest BCUT2D eigenvalue weighted by molar-refractivity contribution is -0.149. The number of carboxylic acid groups (broad SMARTS) is 2. The number of aliphatic carboxylic acids is 2. The fourth-order valence-electron chi connectivity index (χ4n) is 1.29. The number of unbranched alkanes of at least 4 members (excludes halogenated alkanes) is 1. The number of hydrogen-bond donors (Lipinski definition) is 4. The van der Waals surface area contributed by atoms with Crippen LogP contribution in [0.2, 0.25) is 0 Å². The standard InChI is InChI=1S/C8H13O8S/c1-2-3-4-8(7(12)13,17(14,15)16)5(9)6(10)11/h9H,2-4H2,1H3,(H,10,11)(H,12,13)(H,14,15,16). The Bertz CT molecular complexity index is 400. The van der Waals surface area contributed by atoms with Crippen LogP contribution in [0, 0.1) is 6.10 Å². The van der Waals surface area contributed by atoms with Gasteiger partial charge in [0.15, 0.2) is 0 Å². The van der Waals surface area contributed by atoms with E-state index in [-0.39, 0.29) is 6.42 Å². The van der Waals surface area contributed by atoms with Gasteiger partial charge in [-0.2, -0.15) is 8.42 Å². The van der Waals surface area contributed by atoms with E-state index in [9.17, 15) is 18.0 Å². The number of aliphatic hydroxyl groups is 1. The summed E-state index contributed by atoms with van der Waals surface area (Å²) in [5.41, 5.74) is 0. The molecule has 4 N–H and O–H groups in total. The molecule has 0 saturated carbocycles. The maximum absolute atomic E-state index is 11.1. The largest absolute Gasteiger partial charge is 0.480 e. The lowest BCUT2D eigenvalue weighted by Crippen LogP contribution is -2.53. The first-order valence-corrected chi connectivity index (χ1v) is 6.05. The molecule has 1 radical (unpaired) electrons. The highest BCUT2D eigenvalue weighted by atomic mass is 32.2. The van der Waals surface area contributed by atoms with E-state index in [4.69, 9.17) is 19.9 Å². The highest BCUT2D eigenvalue weighted by molar-refractivity contribution is 7.88. The highest BCUT2D eigenvalue weighted by Crippen LogP contribution is 2.33. The third-order valence-corrected chi connectivity index (χ3v) is 3.71. The average molecular weight is 269 g/mol. The van der Waals surface area contributed by atoms with Gasteiger partial charge in [0.2, 0.25) is 10.9 Å². The fraction of sp³-hybridized carbons (Fsp3) is 0.625. The first-order valence-electron chi connectivity index (χ1n) is 4.61. The summed E-state index contributed by atoms with van der Waals surface area (Å²) in [5, 5.41) is 26.5. The van der Waals surface area contributed by atoms with Crippen molar-refractivity contribution in [2.75, 3.05) is 0 Å². The van der Waals surface area contributed by atoms with Crippen LogP contribution < -0.4 is 0 Å². The van der Waals surface area contributed by atoms with Crippen LogP contribution in [0.5, 0.6) is 0 Å². The van der Waals surface area contributed by atoms with Crippen LogP contribution in [0.1, 0.15) is 26.2 Å². The van der Waals surface area contributed by atoms with Crippen LogP contribution in [-0.2, 0) is 19.7 Å². The van der Waals surface area contributed by atoms with Crippen LogP contribution in [-0.4, -0.2) is 45.0 Å². The summed E-state index contributed by atoms with van der Waals surface area (Å²) in [5.74, 6) is -4.24. The Morgan fingerprint density at radius 1 is 1.18 bits per heavy atom. The van der Waals surface area contributed by atoms with Gasteiger partial charge in [0.05, 0.1) is 0 Å². The van der Waals surface area contributed by atoms with Crippen molar-refractivity contribution < 1.29 is 37.9 Å². The molecule has 0 aromatic carbocycles. The van der Waals surface area contributed by atoms with E-state index >= 15 is 0 Å². The van der Waals surface area contributed by atoms with Crippen molar-refractivity contribution in [3.05, 3.63) is 6.10 Å². The Balaban J connectivity index is 5.75. The van der Waals surface area contributed by atoms with Crippen LogP contribution in [0.25, 0.3) is 0 Å². The van der Waals surface area contributed by atoms with Gasteiger partial charge in [-0.25, -0.2) is 4.79 Å². The number of carboxylic acids is 2. The first kappa shape index (κ1) is 15.8. The molecule has 0 amide bonds. The maximum atomic E-state index is 11.1. The average Bonchev–Trinajstić information content (AvgIpc) is 2.15. The van der Waals surface area contributed by atoms with Crippen LogP contribution in [0.3, 0.4) is 0 Å². The lowest BCUT2D eigenvalue weighted by atomic mass is 9.95. The van der Waals surface area contributed by atoms with Crippen LogP contribution >= 0.6 is 0 Å². The van der Waals surface area contributed by atoms with Gasteiger partial charge < -0.3 is 15.3 Å². The molecule has 99 valence electrons. The van der Waals surface area contributed by atoms with E-state index in [0.717, 1.165) is 0 Å². The van der Waals surface area contributed by atoms with Crippen LogP contribution in [0.15, 0.2) is 0 Å². The molecule has 0 heterocycles. The van der Waals surface area contributed by atoms with Crippen molar-refractivity contribution in [2.24, 2.45) is 0 Å². The van der Waals surface area contributed by atoms with Gasteiger partial charge in [-0.1, -0.05) is 19.8 Å². The monoisotopic (exact) mass is 269 g/mol. The number of hydrogen-bond acceptors (Lipinski definition) is 5. The van der Waals surface area contributed by atoms with Crippen molar-refractivity contribution in [1.29, 1.82) is 0 Å². The minimum Gasteiger partial charge on any atom is -0.480 e. The van der Waals surface area contributed by atoms with E-state index in [1.54, 1.807) is 6.92 Å². The van der Waals surface area contributed by atoms with Crippen molar-refractivity contribution in [3.8, 4) is 0 Å². The zero-order valence-corrected chi connectivity index (χ0v) is 9.77. The second-order valence-electron chi connectivity index (χ2n) is 3.36. The summed E-state index contributed by atoms with van der Waals surface area (Å²) in [4.78, 5) is 21.5. The third kappa shape index (κ3) is 2.93. The number of carbonyl (C=O) groups is 2. The molecule has 0 aromatic heterocycles. The van der Waals surface area contributed by atoms with E-state index in [1.165, 1.54) is 0 Å². The van der Waals surface area contributed by atoms with Crippen molar-refractivity contribution in [3.63, 3.8) is 0 Å². The van der Waals surface area contributed by atoms with Gasteiger partial charge in [0, 0.05) is 0 Å². The van der Waals surface area contributed by atoms with Gasteiger partial charge in [0.25, 0.3) is 10.1 Å². The SMILES string of the molecule is CCCCC([C](O)C(=O)O)(C(=O)O)S(=O)(=O)O. The minimum atomic E-state index is -5.31. The zero-order chi connectivity index (χ0) is 13.9. The molecule has 0 aromatic rings. The smallest absolute Gasteiger partial charge is 0.341 e. The first-order chi connectivity index (χ1) is 7.61. The molecule has 1 atom stereocenters. The Morgan fingerprint density at radius 3 is 1.88 bits per heavy atom. The second-order valence-corrected chi connectivity index (χ2v) is 5.01. The minimum absolute atomic E-state index is 0.00340. The Kier molecular flexibility index (Phi) is 5.05. The maximum Gasteiger partial charge on any atom is 0.341 e. The summed E-state index contributed by atoms with van der Waals surface area (Å²) in [6, 6.07) is 0. The van der Waals surface area contributed by atoms with Gasteiger partial charge in [-0.3, -0.25) is 9.35 Å². The molecule has 0 spiro atoms. The van der Waals surface area contributed by atoms with Gasteiger partial charge in [-0.15, -0.1) is 0 Å². The molecule has 0 rings (SSSR count). The molecule has 0 bridgehead atoms. The summed E-state index contributed by atoms with van der Waals surface area (Å²) < 4.78 is 27.8. The molecule has 9 heteroatoms. The van der Waals surface area contributed by atoms with Gasteiger partial charge in [-0.05, 0) is 6.42 Å². The van der Waals surface area contributed by atoms with E-state index < -0.39 is 39.3 Å². The summed E-state index contributed by atoms with van der Waals surface area (Å²) >= 11 is 0. The number of rotatable bonds is 7. The topological polar surface area (TPSA) is 149 Å². The summed E-state index contributed by atoms with van der Waals surface area (Å²) in [7, 11) is -5.31. The van der Waals surface area contributed by atoms with E-state index in [1.807, 2.05) is 0 Å². The van der Waals surface area contributed by atoms with Gasteiger partial charge >= 0.3 is 11.9 Å². The van der Waals surface area contributed by atoms with Crippen molar-refractivity contribution >= 4 is 22.1 Å². The van der Waals surface area contributed by atoms with Crippen molar-refractivity contribution in [1.82, 2.24) is 0 Å². The molecule has 17 heavy (non-hydrogen) atoms. The van der Waals surface area contributed by atoms with Gasteiger partial charge in [0.1, 0.15) is 0 Å². The molecule has 0 fully saturated rings. The second kappa shape index (κ2) is 5.43. The molecular weight excluding hydrogens is 256 g/mol. The van der Waals surface area contributed by atoms with E-state index in [2.05, 4.69) is 0 Å². The molecule has 8 nitrogen and oxygen atoms in total. The third-order valence-electron chi connectivity index (χ3n) is 2.25. The Morgan fingerprint density at radius 2 is 1.65 bits per heavy atom. The molecule has 1 unspecified atom stereocenters. The predicted molar refractivity (Wildman–Crippen MR) is 54.3 cm³/mol. The fourth-order valence-corrected chi connectivity index (χ4v) is 2.24. The molecular formula is C8H13O8S. The normalized spacial score (nSPS) is 15.5. The summed E-state index contributed by atoms with van der Waals surface area (Å²) in [6.45, 7) is 1.61. The predicted octanol–water partition coefficient (Wildman–Crippen LogP) is -0.123. The molecule has 0 aliphatic carbocycles. The molecule has 0 saturated heterocycles.